The predicted octanol–water partition coefficient (Wildman–Crippen LogP) is 3.97. The van der Waals surface area contributed by atoms with E-state index in [-0.39, 0.29) is 0 Å². The van der Waals surface area contributed by atoms with Crippen molar-refractivity contribution in [2.75, 3.05) is 26.9 Å². The third kappa shape index (κ3) is 3.59. The van der Waals surface area contributed by atoms with Gasteiger partial charge in [0.2, 0.25) is 0 Å². The first-order chi connectivity index (χ1) is 14.8. The van der Waals surface area contributed by atoms with Crippen molar-refractivity contribution in [2.24, 2.45) is 0 Å². The van der Waals surface area contributed by atoms with Gasteiger partial charge in [0.25, 0.3) is 0 Å². The normalized spacial score (nSPS) is 15.0. The van der Waals surface area contributed by atoms with E-state index in [1.807, 2.05) is 18.2 Å². The molecule has 1 aliphatic heterocycles. The Morgan fingerprint density at radius 1 is 0.900 bits per heavy atom. The summed E-state index contributed by atoms with van der Waals surface area (Å²) < 4.78 is 11.1. The monoisotopic (exact) mass is 401 g/mol. The minimum Gasteiger partial charge on any atom is -0.490 e. The molecule has 0 saturated carbocycles. The Kier molecular flexibility index (Phi) is 5.47. The summed E-state index contributed by atoms with van der Waals surface area (Å²) in [6.07, 6.45) is 4.31. The number of nitrogens with one attached hydrogen (secondary N) is 1. The number of aromatic nitrogens is 2. The van der Waals surface area contributed by atoms with Crippen LogP contribution in [0.1, 0.15) is 28.7 Å². The van der Waals surface area contributed by atoms with E-state index in [1.54, 1.807) is 7.11 Å². The van der Waals surface area contributed by atoms with Gasteiger partial charge < -0.3 is 14.8 Å². The van der Waals surface area contributed by atoms with E-state index < -0.39 is 0 Å². The number of ether oxygens (including phenoxy) is 2. The van der Waals surface area contributed by atoms with Crippen LogP contribution in [0.2, 0.25) is 0 Å². The third-order valence-corrected chi connectivity index (χ3v) is 6.09. The van der Waals surface area contributed by atoms with Crippen LogP contribution >= 0.6 is 0 Å². The lowest BCUT2D eigenvalue weighted by Crippen LogP contribution is -2.23. The average Bonchev–Trinajstić information content (AvgIpc) is 3.29. The summed E-state index contributed by atoms with van der Waals surface area (Å²) in [4.78, 5) is 0. The maximum absolute atomic E-state index is 5.97. The van der Waals surface area contributed by atoms with Gasteiger partial charge in [-0.1, -0.05) is 24.3 Å². The van der Waals surface area contributed by atoms with Crippen LogP contribution in [0.5, 0.6) is 5.75 Å². The lowest BCUT2D eigenvalue weighted by molar-refractivity contribution is 0.146. The van der Waals surface area contributed by atoms with Gasteiger partial charge in [0.1, 0.15) is 18.1 Å². The number of hydrogen-bond donors (Lipinski definition) is 1. The van der Waals surface area contributed by atoms with Crippen LogP contribution in [0.3, 0.4) is 0 Å². The van der Waals surface area contributed by atoms with Crippen LogP contribution in [-0.4, -0.2) is 37.1 Å². The largest absolute Gasteiger partial charge is 0.490 e. The van der Waals surface area contributed by atoms with Crippen LogP contribution in [-0.2, 0) is 30.5 Å². The Bertz CT molecular complexity index is 1060. The highest BCUT2D eigenvalue weighted by molar-refractivity contribution is 5.75. The van der Waals surface area contributed by atoms with E-state index in [4.69, 9.17) is 19.7 Å². The molecule has 154 valence electrons. The highest BCUT2D eigenvalue weighted by Crippen LogP contribution is 2.39. The summed E-state index contributed by atoms with van der Waals surface area (Å²) >= 11 is 0. The van der Waals surface area contributed by atoms with E-state index in [2.05, 4.69) is 29.6 Å². The molecule has 5 heteroatoms. The van der Waals surface area contributed by atoms with E-state index in [9.17, 15) is 0 Å². The highest BCUT2D eigenvalue weighted by Gasteiger charge is 2.24. The van der Waals surface area contributed by atoms with Gasteiger partial charge in [-0.2, -0.15) is 0 Å². The van der Waals surface area contributed by atoms with Crippen molar-refractivity contribution >= 4 is 0 Å². The molecule has 1 aromatic heterocycles. The van der Waals surface area contributed by atoms with Crippen molar-refractivity contribution in [3.05, 3.63) is 64.7 Å². The molecule has 0 bridgehead atoms. The molecule has 1 aliphatic carbocycles. The van der Waals surface area contributed by atoms with E-state index in [0.717, 1.165) is 61.5 Å². The standard InChI is InChI=1S/C25H27N3O2/c1-29-13-14-30-23-8-3-2-5-22(23)25-21-7-4-6-20(21)24(27-28-25)18-9-10-19-16-26-12-11-17(19)15-18/h2-3,5,8-10,15,26H,4,6-7,11-14,16H2,1H3. The highest BCUT2D eigenvalue weighted by atomic mass is 16.5. The van der Waals surface area contributed by atoms with Crippen LogP contribution < -0.4 is 10.1 Å². The van der Waals surface area contributed by atoms with Gasteiger partial charge in [0.15, 0.2) is 0 Å². The smallest absolute Gasteiger partial charge is 0.128 e. The molecular weight excluding hydrogens is 374 g/mol. The molecule has 2 heterocycles. The summed E-state index contributed by atoms with van der Waals surface area (Å²) in [6, 6.07) is 14.9. The quantitative estimate of drug-likeness (QED) is 0.634. The van der Waals surface area contributed by atoms with Crippen molar-refractivity contribution < 1.29 is 9.47 Å². The lowest BCUT2D eigenvalue weighted by Gasteiger charge is -2.19. The number of para-hydroxylation sites is 1. The molecule has 5 rings (SSSR count). The Labute approximate surface area is 177 Å². The summed E-state index contributed by atoms with van der Waals surface area (Å²) in [5.41, 5.74) is 9.71. The molecule has 0 fully saturated rings. The van der Waals surface area contributed by atoms with E-state index >= 15 is 0 Å². The van der Waals surface area contributed by atoms with Crippen LogP contribution in [0.25, 0.3) is 22.5 Å². The number of hydrogen-bond acceptors (Lipinski definition) is 5. The Balaban J connectivity index is 1.55. The fraction of sp³-hybridized carbons (Fsp3) is 0.360. The predicted molar refractivity (Wildman–Crippen MR) is 118 cm³/mol. The molecule has 0 saturated heterocycles. The van der Waals surface area contributed by atoms with E-state index in [1.165, 1.54) is 27.8 Å². The lowest BCUT2D eigenvalue weighted by atomic mass is 9.94. The second-order valence-corrected chi connectivity index (χ2v) is 7.96. The van der Waals surface area contributed by atoms with Crippen molar-refractivity contribution in [2.45, 2.75) is 32.2 Å². The first-order valence-electron chi connectivity index (χ1n) is 10.8. The van der Waals surface area contributed by atoms with Crippen LogP contribution in [0, 0.1) is 0 Å². The Morgan fingerprint density at radius 3 is 2.63 bits per heavy atom. The second-order valence-electron chi connectivity index (χ2n) is 7.96. The minimum atomic E-state index is 0.519. The Morgan fingerprint density at radius 2 is 1.73 bits per heavy atom. The molecule has 0 amide bonds. The summed E-state index contributed by atoms with van der Waals surface area (Å²) in [7, 11) is 1.68. The molecule has 30 heavy (non-hydrogen) atoms. The molecule has 0 unspecified atom stereocenters. The van der Waals surface area contributed by atoms with Crippen molar-refractivity contribution in [3.63, 3.8) is 0 Å². The first-order valence-corrected chi connectivity index (χ1v) is 10.8. The van der Waals surface area contributed by atoms with Gasteiger partial charge in [-0.25, -0.2) is 0 Å². The topological polar surface area (TPSA) is 56.3 Å². The zero-order valence-electron chi connectivity index (χ0n) is 17.4. The fourth-order valence-corrected chi connectivity index (χ4v) is 4.58. The van der Waals surface area contributed by atoms with Crippen molar-refractivity contribution in [1.82, 2.24) is 15.5 Å². The van der Waals surface area contributed by atoms with Gasteiger partial charge in [-0.15, -0.1) is 10.2 Å². The molecule has 0 spiro atoms. The van der Waals surface area contributed by atoms with Crippen LogP contribution in [0.4, 0.5) is 0 Å². The maximum Gasteiger partial charge on any atom is 0.128 e. The Hall–Kier alpha value is -2.76. The number of fused-ring (bicyclic) bond motifs is 2. The number of methoxy groups -OCH3 is 1. The summed E-state index contributed by atoms with van der Waals surface area (Å²) in [6.45, 7) is 3.08. The molecule has 0 radical (unpaired) electrons. The molecule has 5 nitrogen and oxygen atoms in total. The number of benzene rings is 2. The second kappa shape index (κ2) is 8.54. The molecule has 2 aliphatic rings. The summed E-state index contributed by atoms with van der Waals surface area (Å²) in [5, 5.41) is 12.9. The van der Waals surface area contributed by atoms with Crippen molar-refractivity contribution in [3.8, 4) is 28.3 Å². The molecule has 2 aromatic carbocycles. The zero-order valence-corrected chi connectivity index (χ0v) is 17.4. The average molecular weight is 402 g/mol. The van der Waals surface area contributed by atoms with Crippen molar-refractivity contribution in [1.29, 1.82) is 0 Å². The maximum atomic E-state index is 5.97. The number of rotatable bonds is 6. The molecular formula is C25H27N3O2. The minimum absolute atomic E-state index is 0.519. The van der Waals surface area contributed by atoms with Gasteiger partial charge in [-0.05, 0) is 72.7 Å². The van der Waals surface area contributed by atoms with Gasteiger partial charge in [0, 0.05) is 24.8 Å². The molecule has 0 atom stereocenters. The van der Waals surface area contributed by atoms with Gasteiger partial charge in [-0.3, -0.25) is 0 Å². The van der Waals surface area contributed by atoms with Gasteiger partial charge >= 0.3 is 0 Å². The van der Waals surface area contributed by atoms with Gasteiger partial charge in [0.05, 0.1) is 12.3 Å². The third-order valence-electron chi connectivity index (χ3n) is 6.09. The number of nitrogens with zero attached hydrogens (tertiary/aromatic N) is 2. The van der Waals surface area contributed by atoms with Crippen LogP contribution in [0.15, 0.2) is 42.5 Å². The molecule has 1 N–H and O–H groups in total. The summed E-state index contributed by atoms with van der Waals surface area (Å²) in [5.74, 6) is 0.840. The fourth-order valence-electron chi connectivity index (χ4n) is 4.58. The zero-order chi connectivity index (χ0) is 20.3. The first kappa shape index (κ1) is 19.2. The molecule has 3 aromatic rings. The van der Waals surface area contributed by atoms with E-state index in [0.29, 0.717) is 13.2 Å². The SMILES string of the molecule is COCCOc1ccccc1-c1nnc(-c2ccc3c(c2)CCNC3)c2c1CCC2.